The van der Waals surface area contributed by atoms with Gasteiger partial charge in [-0.1, -0.05) is 23.9 Å². The lowest BCUT2D eigenvalue weighted by Gasteiger charge is -2.13. The molecule has 0 unspecified atom stereocenters. The third kappa shape index (κ3) is 5.53. The first-order chi connectivity index (χ1) is 13.9. The van der Waals surface area contributed by atoms with Crippen LogP contribution in [-0.4, -0.2) is 39.2 Å². The van der Waals surface area contributed by atoms with Gasteiger partial charge in [-0.05, 0) is 31.2 Å². The Kier molecular flexibility index (Phi) is 6.47. The van der Waals surface area contributed by atoms with Crippen LogP contribution in [0.2, 0.25) is 0 Å². The van der Waals surface area contributed by atoms with Gasteiger partial charge in [0, 0.05) is 6.54 Å². The molecular weight excluding hydrogens is 409 g/mol. The summed E-state index contributed by atoms with van der Waals surface area (Å²) in [6, 6.07) is 9.44. The van der Waals surface area contributed by atoms with Crippen LogP contribution in [0.1, 0.15) is 6.92 Å². The Hall–Kier alpha value is -2.95. The molecule has 0 aliphatic heterocycles. The molecule has 1 N–H and O–H groups in total. The fourth-order valence-corrected chi connectivity index (χ4v) is 3.24. The molecule has 7 nitrogen and oxygen atoms in total. The smallest absolute Gasteiger partial charge is 0.422 e. The molecule has 3 rings (SSSR count). The van der Waals surface area contributed by atoms with Crippen molar-refractivity contribution >= 4 is 23.4 Å². The second kappa shape index (κ2) is 9.03. The van der Waals surface area contributed by atoms with Crippen molar-refractivity contribution in [3.05, 3.63) is 42.7 Å². The number of nitrogens with one attached hydrogen (secondary N) is 1. The average Bonchev–Trinajstić information content (AvgIpc) is 3.34. The number of para-hydroxylation sites is 2. The third-order valence-corrected chi connectivity index (χ3v) is 4.63. The molecule has 0 aliphatic carbocycles. The van der Waals surface area contributed by atoms with E-state index in [0.29, 0.717) is 23.3 Å². The molecule has 11 heteroatoms. The van der Waals surface area contributed by atoms with Crippen molar-refractivity contribution in [3.63, 3.8) is 0 Å². The lowest BCUT2D eigenvalue weighted by Crippen LogP contribution is -2.20. The minimum atomic E-state index is -4.47. The van der Waals surface area contributed by atoms with Crippen LogP contribution in [-0.2, 0) is 11.3 Å². The van der Waals surface area contributed by atoms with E-state index in [1.54, 1.807) is 22.8 Å². The van der Waals surface area contributed by atoms with Crippen molar-refractivity contribution < 1.29 is 27.1 Å². The molecule has 29 heavy (non-hydrogen) atoms. The highest BCUT2D eigenvalue weighted by atomic mass is 32.2. The van der Waals surface area contributed by atoms with Crippen molar-refractivity contribution in [2.24, 2.45) is 0 Å². The van der Waals surface area contributed by atoms with Gasteiger partial charge in [0.1, 0.15) is 5.75 Å². The van der Waals surface area contributed by atoms with Crippen LogP contribution >= 0.6 is 11.8 Å². The molecule has 3 aromatic rings. The van der Waals surface area contributed by atoms with Gasteiger partial charge < -0.3 is 14.5 Å². The van der Waals surface area contributed by atoms with Crippen LogP contribution in [0.3, 0.4) is 0 Å². The number of anilines is 1. The first-order valence-corrected chi connectivity index (χ1v) is 9.54. The van der Waals surface area contributed by atoms with Crippen molar-refractivity contribution in [2.75, 3.05) is 17.7 Å². The highest BCUT2D eigenvalue weighted by Gasteiger charge is 2.29. The molecule has 0 spiro atoms. The van der Waals surface area contributed by atoms with Gasteiger partial charge in [-0.15, -0.1) is 10.2 Å². The minimum Gasteiger partial charge on any atom is -0.482 e. The number of amides is 1. The molecule has 2 heterocycles. The molecule has 0 fully saturated rings. The zero-order valence-corrected chi connectivity index (χ0v) is 16.1. The summed E-state index contributed by atoms with van der Waals surface area (Å²) in [5.41, 5.74) is 0.163. The summed E-state index contributed by atoms with van der Waals surface area (Å²) >= 11 is 1.16. The van der Waals surface area contributed by atoms with Gasteiger partial charge >= 0.3 is 6.18 Å². The average molecular weight is 426 g/mol. The summed E-state index contributed by atoms with van der Waals surface area (Å²) in [5.74, 6) is 0.630. The maximum Gasteiger partial charge on any atom is 0.422 e. The van der Waals surface area contributed by atoms with Gasteiger partial charge in [-0.3, -0.25) is 9.36 Å². The standard InChI is InChI=1S/C18H17F3N4O3S/c1-2-25-16(14-8-5-9-27-14)23-24-17(25)29-10-15(26)22-12-6-3-4-7-13(12)28-11-18(19,20)21/h3-9H,2,10-11H2,1H3,(H,22,26). The van der Waals surface area contributed by atoms with E-state index in [4.69, 9.17) is 9.15 Å². The fraction of sp³-hybridized carbons (Fsp3) is 0.278. The molecule has 2 aromatic heterocycles. The molecule has 0 saturated heterocycles. The number of ether oxygens (including phenoxy) is 1. The minimum absolute atomic E-state index is 0.0100. The summed E-state index contributed by atoms with van der Waals surface area (Å²) in [6.45, 7) is 1.04. The number of nitrogens with zero attached hydrogens (tertiary/aromatic N) is 3. The number of hydrogen-bond acceptors (Lipinski definition) is 6. The van der Waals surface area contributed by atoms with Gasteiger partial charge in [0.15, 0.2) is 23.3 Å². The van der Waals surface area contributed by atoms with Crippen molar-refractivity contribution in [2.45, 2.75) is 24.8 Å². The number of thioether (sulfide) groups is 1. The van der Waals surface area contributed by atoms with Gasteiger partial charge in [0.25, 0.3) is 0 Å². The predicted molar refractivity (Wildman–Crippen MR) is 101 cm³/mol. The zero-order chi connectivity index (χ0) is 20.9. The molecule has 1 aromatic carbocycles. The molecule has 154 valence electrons. The second-order valence-corrected chi connectivity index (χ2v) is 6.71. The van der Waals surface area contributed by atoms with Crippen molar-refractivity contribution in [3.8, 4) is 17.3 Å². The fourth-order valence-electron chi connectivity index (χ4n) is 2.44. The predicted octanol–water partition coefficient (Wildman–Crippen LogP) is 4.23. The number of alkyl halides is 3. The highest BCUT2D eigenvalue weighted by molar-refractivity contribution is 7.99. The number of benzene rings is 1. The van der Waals surface area contributed by atoms with Gasteiger partial charge in [-0.25, -0.2) is 0 Å². The summed E-state index contributed by atoms with van der Waals surface area (Å²) < 4.78 is 49.0. The topological polar surface area (TPSA) is 82.2 Å². The molecule has 0 radical (unpaired) electrons. The third-order valence-electron chi connectivity index (χ3n) is 3.66. The maximum atomic E-state index is 12.4. The van der Waals surface area contributed by atoms with Crippen molar-refractivity contribution in [1.82, 2.24) is 14.8 Å². The summed E-state index contributed by atoms with van der Waals surface area (Å²) in [4.78, 5) is 12.3. The molecular formula is C18H17F3N4O3S. The van der Waals surface area contributed by atoms with Crippen LogP contribution in [0.25, 0.3) is 11.6 Å². The Balaban J connectivity index is 1.63. The number of aromatic nitrogens is 3. The first kappa shape index (κ1) is 20.8. The van der Waals surface area contributed by atoms with Crippen LogP contribution < -0.4 is 10.1 Å². The van der Waals surface area contributed by atoms with Gasteiger partial charge in [0.2, 0.25) is 5.91 Å². The Morgan fingerprint density at radius 2 is 2.03 bits per heavy atom. The lowest BCUT2D eigenvalue weighted by atomic mass is 10.3. The summed E-state index contributed by atoms with van der Waals surface area (Å²) in [6.07, 6.45) is -2.94. The van der Waals surface area contributed by atoms with E-state index in [1.807, 2.05) is 6.92 Å². The van der Waals surface area contributed by atoms with E-state index >= 15 is 0 Å². The van der Waals surface area contributed by atoms with E-state index in [0.717, 1.165) is 11.8 Å². The van der Waals surface area contributed by atoms with Crippen LogP contribution in [0, 0.1) is 0 Å². The Morgan fingerprint density at radius 1 is 1.24 bits per heavy atom. The normalized spacial score (nSPS) is 11.4. The van der Waals surface area contributed by atoms with Gasteiger partial charge in [-0.2, -0.15) is 13.2 Å². The maximum absolute atomic E-state index is 12.4. The zero-order valence-electron chi connectivity index (χ0n) is 15.3. The van der Waals surface area contributed by atoms with Crippen LogP contribution in [0.15, 0.2) is 52.2 Å². The largest absolute Gasteiger partial charge is 0.482 e. The molecule has 0 bridgehead atoms. The molecule has 0 saturated carbocycles. The Morgan fingerprint density at radius 3 is 2.72 bits per heavy atom. The first-order valence-electron chi connectivity index (χ1n) is 8.55. The van der Waals surface area contributed by atoms with E-state index in [1.165, 1.54) is 24.5 Å². The highest BCUT2D eigenvalue weighted by Crippen LogP contribution is 2.28. The molecule has 0 aliphatic rings. The summed E-state index contributed by atoms with van der Waals surface area (Å²) in [7, 11) is 0. The number of furan rings is 1. The van der Waals surface area contributed by atoms with Crippen LogP contribution in [0.5, 0.6) is 5.75 Å². The van der Waals surface area contributed by atoms with Crippen molar-refractivity contribution in [1.29, 1.82) is 0 Å². The molecule has 0 atom stereocenters. The second-order valence-electron chi connectivity index (χ2n) is 5.76. The summed E-state index contributed by atoms with van der Waals surface area (Å²) in [5, 5.41) is 11.3. The lowest BCUT2D eigenvalue weighted by molar-refractivity contribution is -0.153. The van der Waals surface area contributed by atoms with Crippen LogP contribution in [0.4, 0.5) is 18.9 Å². The van der Waals surface area contributed by atoms with Gasteiger partial charge in [0.05, 0.1) is 17.7 Å². The quantitative estimate of drug-likeness (QED) is 0.543. The number of carbonyl (C=O) groups is 1. The van der Waals surface area contributed by atoms with E-state index < -0.39 is 18.7 Å². The molecule has 1 amide bonds. The number of rotatable bonds is 8. The Bertz CT molecular complexity index is 958. The van der Waals surface area contributed by atoms with E-state index in [2.05, 4.69) is 15.5 Å². The van der Waals surface area contributed by atoms with E-state index in [-0.39, 0.29) is 17.2 Å². The number of halogens is 3. The monoisotopic (exact) mass is 426 g/mol. The number of carbonyl (C=O) groups excluding carboxylic acids is 1. The Labute approximate surface area is 168 Å². The number of hydrogen-bond donors (Lipinski definition) is 1. The SMILES string of the molecule is CCn1c(SCC(=O)Nc2ccccc2OCC(F)(F)F)nnc1-c1ccco1. The van der Waals surface area contributed by atoms with E-state index in [9.17, 15) is 18.0 Å².